The van der Waals surface area contributed by atoms with Crippen LogP contribution in [0.3, 0.4) is 0 Å². The topological polar surface area (TPSA) is 86.2 Å². The summed E-state index contributed by atoms with van der Waals surface area (Å²) in [5.74, 6) is -0.488. The van der Waals surface area contributed by atoms with Crippen molar-refractivity contribution in [2.24, 2.45) is 0 Å². The average molecular weight is 477 g/mol. The lowest BCUT2D eigenvalue weighted by atomic mass is 10.1. The van der Waals surface area contributed by atoms with E-state index in [2.05, 4.69) is 19.8 Å². The summed E-state index contributed by atoms with van der Waals surface area (Å²) in [5, 5.41) is 0.484. The second-order valence-electron chi connectivity index (χ2n) is 7.79. The summed E-state index contributed by atoms with van der Waals surface area (Å²) in [5.41, 5.74) is 1.28. The highest BCUT2D eigenvalue weighted by molar-refractivity contribution is 6.33. The summed E-state index contributed by atoms with van der Waals surface area (Å²) in [6, 6.07) is 7.43. The highest BCUT2D eigenvalue weighted by Crippen LogP contribution is 2.30. The van der Waals surface area contributed by atoms with Crippen LogP contribution in [0.5, 0.6) is 6.01 Å². The third kappa shape index (κ3) is 6.84. The number of ether oxygens (including phenoxy) is 4. The first kappa shape index (κ1) is 23.8. The van der Waals surface area contributed by atoms with Gasteiger partial charge >= 0.3 is 12.0 Å². The molecule has 0 saturated carbocycles. The van der Waals surface area contributed by atoms with Crippen molar-refractivity contribution in [3.63, 3.8) is 0 Å². The third-order valence-electron chi connectivity index (χ3n) is 5.60. The minimum absolute atomic E-state index is 0.197. The Morgan fingerprint density at radius 1 is 0.970 bits per heavy atom. The van der Waals surface area contributed by atoms with Crippen molar-refractivity contribution in [2.75, 3.05) is 78.9 Å². The van der Waals surface area contributed by atoms with Crippen molar-refractivity contribution in [1.82, 2.24) is 19.8 Å². The molecule has 2 aliphatic heterocycles. The maximum Gasteiger partial charge on any atom is 0.341 e. The van der Waals surface area contributed by atoms with Crippen LogP contribution in [0.1, 0.15) is 10.4 Å². The molecule has 0 bridgehead atoms. The van der Waals surface area contributed by atoms with Crippen molar-refractivity contribution in [1.29, 1.82) is 0 Å². The molecule has 2 fully saturated rings. The van der Waals surface area contributed by atoms with Crippen LogP contribution in [0, 0.1) is 0 Å². The van der Waals surface area contributed by atoms with Crippen molar-refractivity contribution in [3.05, 3.63) is 41.0 Å². The van der Waals surface area contributed by atoms with Gasteiger partial charge in [-0.1, -0.05) is 29.8 Å². The fourth-order valence-corrected chi connectivity index (χ4v) is 3.93. The number of esters is 1. The smallest absolute Gasteiger partial charge is 0.341 e. The highest BCUT2D eigenvalue weighted by atomic mass is 35.5. The van der Waals surface area contributed by atoms with Crippen molar-refractivity contribution < 1.29 is 23.7 Å². The predicted octanol–water partition coefficient (Wildman–Crippen LogP) is 2.00. The largest absolute Gasteiger partial charge is 0.462 e. The summed E-state index contributed by atoms with van der Waals surface area (Å²) in [6.07, 6.45) is 1.45. The van der Waals surface area contributed by atoms with Crippen LogP contribution in [-0.4, -0.2) is 105 Å². The highest BCUT2D eigenvalue weighted by Gasteiger charge is 2.21. The van der Waals surface area contributed by atoms with Crippen LogP contribution < -0.4 is 4.74 Å². The fourth-order valence-electron chi connectivity index (χ4n) is 3.70. The molecule has 178 valence electrons. The normalized spacial score (nSPS) is 17.6. The van der Waals surface area contributed by atoms with E-state index in [4.69, 9.17) is 30.5 Å². The number of carbonyl (C=O) groups excluding carboxylic acids is 1. The molecule has 0 aliphatic carbocycles. The molecule has 2 aliphatic rings. The molecule has 1 aromatic heterocycles. The second-order valence-corrected chi connectivity index (χ2v) is 8.19. The van der Waals surface area contributed by atoms with Crippen molar-refractivity contribution in [2.45, 2.75) is 0 Å². The van der Waals surface area contributed by atoms with Gasteiger partial charge in [0.1, 0.15) is 18.8 Å². The zero-order valence-electron chi connectivity index (χ0n) is 18.6. The van der Waals surface area contributed by atoms with Gasteiger partial charge in [0.05, 0.1) is 32.1 Å². The van der Waals surface area contributed by atoms with E-state index < -0.39 is 5.97 Å². The van der Waals surface area contributed by atoms with E-state index in [1.54, 1.807) is 6.07 Å². The minimum Gasteiger partial charge on any atom is -0.462 e. The van der Waals surface area contributed by atoms with Crippen LogP contribution >= 0.6 is 11.6 Å². The molecule has 2 aromatic rings. The molecular formula is C23H29ClN4O5. The van der Waals surface area contributed by atoms with E-state index in [-0.39, 0.29) is 18.2 Å². The summed E-state index contributed by atoms with van der Waals surface area (Å²) in [7, 11) is 0. The molecule has 4 rings (SSSR count). The van der Waals surface area contributed by atoms with Gasteiger partial charge in [0.15, 0.2) is 0 Å². The summed E-state index contributed by atoms with van der Waals surface area (Å²) in [4.78, 5) is 26.1. The monoisotopic (exact) mass is 476 g/mol. The van der Waals surface area contributed by atoms with Gasteiger partial charge in [-0.15, -0.1) is 0 Å². The number of carbonyl (C=O) groups is 1. The quantitative estimate of drug-likeness (QED) is 0.504. The maximum atomic E-state index is 12.9. The predicted molar refractivity (Wildman–Crippen MR) is 123 cm³/mol. The number of rotatable bonds is 9. The first-order chi connectivity index (χ1) is 16.2. The molecule has 33 heavy (non-hydrogen) atoms. The number of benzene rings is 1. The second kappa shape index (κ2) is 12.2. The van der Waals surface area contributed by atoms with Gasteiger partial charge in [0, 0.05) is 56.1 Å². The lowest BCUT2D eigenvalue weighted by molar-refractivity contribution is 0.0195. The van der Waals surface area contributed by atoms with E-state index >= 15 is 0 Å². The van der Waals surface area contributed by atoms with Crippen molar-refractivity contribution in [3.8, 4) is 17.3 Å². The van der Waals surface area contributed by atoms with E-state index in [9.17, 15) is 4.79 Å². The first-order valence-corrected chi connectivity index (χ1v) is 11.6. The van der Waals surface area contributed by atoms with Crippen LogP contribution in [-0.2, 0) is 14.2 Å². The van der Waals surface area contributed by atoms with E-state index in [1.807, 2.05) is 18.2 Å². The number of aromatic nitrogens is 2. The number of hydrogen-bond acceptors (Lipinski definition) is 9. The fraction of sp³-hybridized carbons (Fsp3) is 0.522. The number of hydrogen-bond donors (Lipinski definition) is 0. The number of morpholine rings is 2. The molecule has 0 radical (unpaired) electrons. The zero-order chi connectivity index (χ0) is 22.9. The Labute approximate surface area is 198 Å². The Morgan fingerprint density at radius 3 is 2.27 bits per heavy atom. The first-order valence-electron chi connectivity index (χ1n) is 11.2. The molecule has 10 heteroatoms. The van der Waals surface area contributed by atoms with Crippen LogP contribution in [0.2, 0.25) is 5.02 Å². The standard InChI is InChI=1S/C23H29ClN4O5/c24-20-4-2-1-3-18(20)21-19(22(29)32-15-9-27-5-11-30-12-6-27)17-25-23(26-21)33-16-10-28-7-13-31-14-8-28/h1-4,17H,5-16H2. The summed E-state index contributed by atoms with van der Waals surface area (Å²) < 4.78 is 22.0. The maximum absolute atomic E-state index is 12.9. The van der Waals surface area contributed by atoms with Crippen LogP contribution in [0.15, 0.2) is 30.5 Å². The third-order valence-corrected chi connectivity index (χ3v) is 5.93. The summed E-state index contributed by atoms with van der Waals surface area (Å²) >= 11 is 6.41. The Hall–Kier alpha value is -2.30. The molecule has 1 aromatic carbocycles. The molecule has 0 spiro atoms. The van der Waals surface area contributed by atoms with Crippen LogP contribution in [0.4, 0.5) is 0 Å². The average Bonchev–Trinajstić information content (AvgIpc) is 2.85. The Bertz CT molecular complexity index is 919. The summed E-state index contributed by atoms with van der Waals surface area (Å²) in [6.45, 7) is 8.41. The van der Waals surface area contributed by atoms with Gasteiger partial charge in [0.2, 0.25) is 0 Å². The molecule has 0 atom stereocenters. The zero-order valence-corrected chi connectivity index (χ0v) is 19.3. The number of halogens is 1. The van der Waals surface area contributed by atoms with Gasteiger partial charge in [-0.05, 0) is 6.07 Å². The molecule has 2 saturated heterocycles. The van der Waals surface area contributed by atoms with Crippen LogP contribution in [0.25, 0.3) is 11.3 Å². The van der Waals surface area contributed by atoms with Crippen molar-refractivity contribution >= 4 is 17.6 Å². The molecule has 3 heterocycles. The van der Waals surface area contributed by atoms with Gasteiger partial charge in [-0.25, -0.2) is 9.78 Å². The molecule has 0 unspecified atom stereocenters. The molecule has 0 amide bonds. The van der Waals surface area contributed by atoms with Gasteiger partial charge < -0.3 is 18.9 Å². The Morgan fingerprint density at radius 2 is 1.61 bits per heavy atom. The SMILES string of the molecule is O=C(OCCN1CCOCC1)c1cnc(OCCN2CCOCC2)nc1-c1ccccc1Cl. The Kier molecular flexibility index (Phi) is 8.85. The minimum atomic E-state index is -0.488. The lowest BCUT2D eigenvalue weighted by Crippen LogP contribution is -2.38. The number of nitrogens with zero attached hydrogens (tertiary/aromatic N) is 4. The molecule has 0 N–H and O–H groups in total. The van der Waals surface area contributed by atoms with Gasteiger partial charge in [-0.2, -0.15) is 4.98 Å². The van der Waals surface area contributed by atoms with Gasteiger partial charge in [-0.3, -0.25) is 9.80 Å². The molecular weight excluding hydrogens is 448 g/mol. The van der Waals surface area contributed by atoms with E-state index in [0.717, 1.165) is 45.9 Å². The Balaban J connectivity index is 1.43. The van der Waals surface area contributed by atoms with E-state index in [0.29, 0.717) is 42.6 Å². The lowest BCUT2D eigenvalue weighted by Gasteiger charge is -2.26. The van der Waals surface area contributed by atoms with E-state index in [1.165, 1.54) is 6.20 Å². The molecule has 9 nitrogen and oxygen atoms in total. The van der Waals surface area contributed by atoms with Gasteiger partial charge in [0.25, 0.3) is 0 Å².